The predicted octanol–water partition coefficient (Wildman–Crippen LogP) is 1.45. The average molecular weight is 376 g/mol. The van der Waals surface area contributed by atoms with Gasteiger partial charge < -0.3 is 17.7 Å². The maximum absolute atomic E-state index is 4.68. The quantitative estimate of drug-likeness (QED) is 0.673. The minimum absolute atomic E-state index is 0. The molecule has 1 aliphatic carbocycles. The first-order valence-electron chi connectivity index (χ1n) is 8.65. The number of H-pyrrole nitrogens is 1. The number of rotatable bonds is 5. The Bertz CT molecular complexity index is 870. The Morgan fingerprint density at radius 1 is 1.04 bits per heavy atom. The van der Waals surface area contributed by atoms with Crippen molar-refractivity contribution in [3.63, 3.8) is 0 Å². The fraction of sp³-hybridized carbons (Fsp3) is 0.400. The van der Waals surface area contributed by atoms with Crippen LogP contribution in [0.3, 0.4) is 0 Å². The summed E-state index contributed by atoms with van der Waals surface area (Å²) in [5.41, 5.74) is 3.52. The van der Waals surface area contributed by atoms with Crippen molar-refractivity contribution in [1.29, 1.82) is 0 Å². The van der Waals surface area contributed by atoms with Crippen LogP contribution in [0.25, 0.3) is 20.8 Å². The molecule has 0 atom stereocenters. The van der Waals surface area contributed by atoms with E-state index in [4.69, 9.17) is 0 Å². The van der Waals surface area contributed by atoms with Gasteiger partial charge in [0, 0.05) is 30.9 Å². The van der Waals surface area contributed by atoms with E-state index >= 15 is 0 Å². The molecule has 0 radical (unpaired) electrons. The average Bonchev–Trinajstić information content (AvgIpc) is 2.55. The van der Waals surface area contributed by atoms with Crippen LogP contribution < -0.4 is 28.1 Å². The van der Waals surface area contributed by atoms with Gasteiger partial charge in [0.25, 0.3) is 0 Å². The van der Waals surface area contributed by atoms with Crippen LogP contribution in [0, 0.1) is 11.8 Å². The maximum Gasteiger partial charge on any atom is 0.221 e. The number of hydrogen-bond acceptors (Lipinski definition) is 3. The summed E-state index contributed by atoms with van der Waals surface area (Å²) in [7, 11) is 0. The van der Waals surface area contributed by atoms with Gasteiger partial charge in [-0.2, -0.15) is 0 Å². The normalized spacial score (nSPS) is 12.2. The lowest BCUT2D eigenvalue weighted by atomic mass is 10.2. The van der Waals surface area contributed by atoms with Crippen molar-refractivity contribution in [3.05, 3.63) is 41.8 Å². The number of nitrogens with one attached hydrogen (secondary N) is 2. The van der Waals surface area contributed by atoms with E-state index in [0.29, 0.717) is 11.8 Å². The first kappa shape index (κ1) is 19.7. The summed E-state index contributed by atoms with van der Waals surface area (Å²) in [6, 6.07) is 13.0. The van der Waals surface area contributed by atoms with Crippen molar-refractivity contribution >= 4 is 27.2 Å². The Hall–Kier alpha value is -1.65. The van der Waals surface area contributed by atoms with Gasteiger partial charge in [-0.1, -0.05) is 27.7 Å². The van der Waals surface area contributed by atoms with Crippen LogP contribution in [-0.2, 0) is 0 Å². The summed E-state index contributed by atoms with van der Waals surface area (Å²) in [5.74, 6) is 1.22. The molecule has 134 valence electrons. The third-order valence-electron chi connectivity index (χ3n) is 3.79. The van der Waals surface area contributed by atoms with E-state index in [2.05, 4.69) is 79.4 Å². The fourth-order valence-electron chi connectivity index (χ4n) is 2.49. The molecule has 0 spiro atoms. The highest BCUT2D eigenvalue weighted by molar-refractivity contribution is 7.21. The van der Waals surface area contributed by atoms with E-state index in [1.165, 1.54) is 26.5 Å². The molecule has 3 nitrogen and oxygen atoms in total. The van der Waals surface area contributed by atoms with Crippen molar-refractivity contribution in [2.24, 2.45) is 16.8 Å². The molecule has 1 aromatic carbocycles. The highest BCUT2D eigenvalue weighted by Gasteiger charge is 2.13. The van der Waals surface area contributed by atoms with E-state index in [1.54, 1.807) is 0 Å². The van der Waals surface area contributed by atoms with Gasteiger partial charge in [0.2, 0.25) is 11.2 Å². The molecule has 0 saturated carbocycles. The van der Waals surface area contributed by atoms with Crippen LogP contribution in [-0.4, -0.2) is 13.1 Å². The third-order valence-corrected chi connectivity index (χ3v) is 4.90. The van der Waals surface area contributed by atoms with Gasteiger partial charge in [0.1, 0.15) is 9.58 Å². The number of fused-ring (bicyclic) bond motifs is 2. The van der Waals surface area contributed by atoms with Gasteiger partial charge in [-0.05, 0) is 36.1 Å². The number of benzene rings is 2. The van der Waals surface area contributed by atoms with Crippen molar-refractivity contribution in [2.45, 2.75) is 27.7 Å². The summed E-state index contributed by atoms with van der Waals surface area (Å²) >= 11 is 1.82. The van der Waals surface area contributed by atoms with E-state index in [0.717, 1.165) is 18.4 Å². The molecule has 0 unspecified atom stereocenters. The lowest BCUT2D eigenvalue weighted by molar-refractivity contribution is -0.330. The largest absolute Gasteiger partial charge is 1.00 e. The highest BCUT2D eigenvalue weighted by Crippen LogP contribution is 2.28. The summed E-state index contributed by atoms with van der Waals surface area (Å²) in [5, 5.41) is 4.57. The Morgan fingerprint density at radius 2 is 1.84 bits per heavy atom. The summed E-state index contributed by atoms with van der Waals surface area (Å²) < 4.78 is 1.26. The standard InChI is InChI=1S/C20H25N3S.ClH/c1-13(2)11-21-15-5-7-17-19(9-15)24-20-10-16(22-12-14(3)4)6-8-18(20)23-17;/h5-10,13-14,21H,11-12H2,1-4H3;1H. The van der Waals surface area contributed by atoms with Crippen molar-refractivity contribution in [3.8, 4) is 10.6 Å². The van der Waals surface area contributed by atoms with Crippen LogP contribution in [0.15, 0.2) is 41.4 Å². The Balaban J connectivity index is 0.00000225. The second-order valence-corrected chi connectivity index (χ2v) is 8.21. The van der Waals surface area contributed by atoms with Gasteiger partial charge in [-0.25, -0.2) is 4.98 Å². The molecular weight excluding hydrogens is 350 g/mol. The number of nitrogens with zero attached hydrogens (tertiary/aromatic N) is 1. The molecular formula is C20H26ClN3S. The molecule has 1 heterocycles. The Labute approximate surface area is 160 Å². The van der Waals surface area contributed by atoms with E-state index in [9.17, 15) is 0 Å². The second kappa shape index (κ2) is 8.63. The molecule has 1 aromatic rings. The van der Waals surface area contributed by atoms with Crippen molar-refractivity contribution < 1.29 is 17.4 Å². The number of aromatic amines is 1. The number of anilines is 1. The summed E-state index contributed by atoms with van der Waals surface area (Å²) in [6.45, 7) is 10.7. The van der Waals surface area contributed by atoms with Crippen molar-refractivity contribution in [1.82, 2.24) is 0 Å². The van der Waals surface area contributed by atoms with Crippen LogP contribution in [0.1, 0.15) is 27.7 Å². The smallest absolute Gasteiger partial charge is 0.221 e. The molecule has 5 heteroatoms. The molecule has 2 aliphatic rings. The molecule has 1 aliphatic heterocycles. The fourth-order valence-corrected chi connectivity index (χ4v) is 3.55. The van der Waals surface area contributed by atoms with Crippen molar-refractivity contribution in [2.75, 3.05) is 18.4 Å². The monoisotopic (exact) mass is 375 g/mol. The number of hydrogen-bond donors (Lipinski definition) is 1. The van der Waals surface area contributed by atoms with Gasteiger partial charge in [-0.3, -0.25) is 4.99 Å². The molecule has 0 aromatic heterocycles. The zero-order chi connectivity index (χ0) is 17.1. The molecule has 0 fully saturated rings. The first-order chi connectivity index (χ1) is 11.5. The van der Waals surface area contributed by atoms with Crippen LogP contribution >= 0.6 is 11.3 Å². The Morgan fingerprint density at radius 3 is 2.56 bits per heavy atom. The van der Waals surface area contributed by atoms with E-state index in [-0.39, 0.29) is 12.4 Å². The second-order valence-electron chi connectivity index (χ2n) is 7.13. The van der Waals surface area contributed by atoms with E-state index < -0.39 is 0 Å². The van der Waals surface area contributed by atoms with Gasteiger partial charge in [0.05, 0.1) is 5.36 Å². The molecule has 3 rings (SSSR count). The van der Waals surface area contributed by atoms with Gasteiger partial charge in [-0.15, -0.1) is 11.3 Å². The lowest BCUT2D eigenvalue weighted by Crippen LogP contribution is -3.00. The zero-order valence-electron chi connectivity index (χ0n) is 15.3. The molecule has 25 heavy (non-hydrogen) atoms. The molecule has 0 bridgehead atoms. The lowest BCUT2D eigenvalue weighted by Gasteiger charge is -2.09. The van der Waals surface area contributed by atoms with E-state index in [1.807, 2.05) is 11.3 Å². The summed E-state index contributed by atoms with van der Waals surface area (Å²) in [6.07, 6.45) is 0. The molecule has 0 amide bonds. The number of halogens is 1. The predicted molar refractivity (Wildman–Crippen MR) is 104 cm³/mol. The SMILES string of the molecule is CC(C)CN=c1ccc2[nH+]c3ccc(NCC(C)C)cc3sc-2c1.[Cl-]. The Kier molecular flexibility index (Phi) is 6.79. The van der Waals surface area contributed by atoms with Crippen LogP contribution in [0.4, 0.5) is 5.69 Å². The molecule has 0 saturated heterocycles. The summed E-state index contributed by atoms with van der Waals surface area (Å²) in [4.78, 5) is 9.46. The highest BCUT2D eigenvalue weighted by atomic mass is 35.5. The minimum atomic E-state index is 0. The van der Waals surface area contributed by atoms with Gasteiger partial charge >= 0.3 is 0 Å². The zero-order valence-corrected chi connectivity index (χ0v) is 16.8. The minimum Gasteiger partial charge on any atom is -1.00 e. The third kappa shape index (κ3) is 5.16. The van der Waals surface area contributed by atoms with Gasteiger partial charge in [0.15, 0.2) is 0 Å². The number of aromatic nitrogens is 1. The van der Waals surface area contributed by atoms with Crippen LogP contribution in [0.5, 0.6) is 0 Å². The van der Waals surface area contributed by atoms with Crippen LogP contribution in [0.2, 0.25) is 0 Å². The maximum atomic E-state index is 4.68. The molecule has 2 N–H and O–H groups in total. The topological polar surface area (TPSA) is 38.5 Å². The first-order valence-corrected chi connectivity index (χ1v) is 9.47.